The van der Waals surface area contributed by atoms with Crippen molar-refractivity contribution < 1.29 is 13.2 Å². The van der Waals surface area contributed by atoms with Crippen LogP contribution < -0.4 is 10.2 Å². The van der Waals surface area contributed by atoms with Crippen LogP contribution in [0.1, 0.15) is 5.82 Å². The lowest BCUT2D eigenvalue weighted by molar-refractivity contribution is -0.144. The van der Waals surface area contributed by atoms with Crippen LogP contribution in [-0.2, 0) is 6.18 Å². The summed E-state index contributed by atoms with van der Waals surface area (Å²) in [4.78, 5) is 7.75. The minimum Gasteiger partial charge on any atom is -0.373 e. The molecule has 0 saturated carbocycles. The van der Waals surface area contributed by atoms with Gasteiger partial charge in [0.15, 0.2) is 0 Å². The number of anilines is 2. The number of rotatable bonds is 4. The Bertz CT molecular complexity index is 512. The Kier molecular flexibility index (Phi) is 4.48. The van der Waals surface area contributed by atoms with Gasteiger partial charge in [0.05, 0.1) is 12.1 Å². The number of halogens is 3. The average molecular weight is 270 g/mol. The third kappa shape index (κ3) is 3.71. The molecule has 9 heteroatoms. The van der Waals surface area contributed by atoms with Crippen molar-refractivity contribution in [1.82, 2.24) is 9.97 Å². The van der Waals surface area contributed by atoms with Gasteiger partial charge in [0.1, 0.15) is 24.7 Å². The molecule has 0 aromatic carbocycles. The first-order valence-corrected chi connectivity index (χ1v) is 5.05. The van der Waals surface area contributed by atoms with E-state index < -0.39 is 12.0 Å². The summed E-state index contributed by atoms with van der Waals surface area (Å²) in [5, 5.41) is 19.7. The fraction of sp³-hybridized carbons (Fsp3) is 0.400. The highest BCUT2D eigenvalue weighted by Crippen LogP contribution is 2.29. The van der Waals surface area contributed by atoms with Gasteiger partial charge in [-0.3, -0.25) is 0 Å². The van der Waals surface area contributed by atoms with E-state index in [2.05, 4.69) is 15.3 Å². The maximum absolute atomic E-state index is 12.6. The predicted octanol–water partition coefficient (Wildman–Crippen LogP) is 1.39. The number of nitrogens with zero attached hydrogens (tertiary/aromatic N) is 5. The highest BCUT2D eigenvalue weighted by atomic mass is 19.4. The maximum atomic E-state index is 12.6. The van der Waals surface area contributed by atoms with Gasteiger partial charge in [0.2, 0.25) is 5.82 Å². The maximum Gasteiger partial charge on any atom is 0.451 e. The Morgan fingerprint density at radius 1 is 1.26 bits per heavy atom. The topological polar surface area (TPSA) is 88.6 Å². The Labute approximate surface area is 107 Å². The summed E-state index contributed by atoms with van der Waals surface area (Å²) in [6, 6.07) is 4.76. The molecule has 19 heavy (non-hydrogen) atoms. The van der Waals surface area contributed by atoms with Gasteiger partial charge in [-0.25, -0.2) is 9.97 Å². The van der Waals surface area contributed by atoms with Gasteiger partial charge in [0.25, 0.3) is 0 Å². The fourth-order valence-corrected chi connectivity index (χ4v) is 1.24. The van der Waals surface area contributed by atoms with Gasteiger partial charge in [-0.1, -0.05) is 0 Å². The molecule has 0 aliphatic carbocycles. The van der Waals surface area contributed by atoms with Crippen molar-refractivity contribution in [3.8, 4) is 12.1 Å². The van der Waals surface area contributed by atoms with E-state index in [0.29, 0.717) is 0 Å². The number of nitriles is 2. The van der Waals surface area contributed by atoms with Crippen molar-refractivity contribution in [1.29, 1.82) is 10.5 Å². The number of alkyl halides is 3. The zero-order chi connectivity index (χ0) is 14.5. The summed E-state index contributed by atoms with van der Waals surface area (Å²) >= 11 is 0. The molecule has 0 bridgehead atoms. The van der Waals surface area contributed by atoms with E-state index in [0.717, 1.165) is 4.90 Å². The van der Waals surface area contributed by atoms with Gasteiger partial charge in [0, 0.05) is 13.1 Å². The first-order chi connectivity index (χ1) is 8.92. The Morgan fingerprint density at radius 3 is 2.26 bits per heavy atom. The predicted molar refractivity (Wildman–Crippen MR) is 60.0 cm³/mol. The third-order valence-electron chi connectivity index (χ3n) is 2.07. The monoisotopic (exact) mass is 270 g/mol. The van der Waals surface area contributed by atoms with Crippen LogP contribution in [0.5, 0.6) is 0 Å². The summed E-state index contributed by atoms with van der Waals surface area (Å²) in [7, 11) is 1.41. The smallest absolute Gasteiger partial charge is 0.373 e. The molecule has 100 valence electrons. The molecule has 0 amide bonds. The van der Waals surface area contributed by atoms with Crippen molar-refractivity contribution in [2.45, 2.75) is 6.18 Å². The van der Waals surface area contributed by atoms with Gasteiger partial charge in [-0.2, -0.15) is 23.7 Å². The zero-order valence-electron chi connectivity index (χ0n) is 9.86. The second-order valence-electron chi connectivity index (χ2n) is 3.36. The molecule has 0 atom stereocenters. The number of hydrogen-bond donors (Lipinski definition) is 1. The van der Waals surface area contributed by atoms with Crippen LogP contribution in [0.3, 0.4) is 0 Å². The van der Waals surface area contributed by atoms with E-state index in [-0.39, 0.29) is 24.7 Å². The normalized spacial score (nSPS) is 10.4. The number of nitrogens with one attached hydrogen (secondary N) is 1. The first-order valence-electron chi connectivity index (χ1n) is 5.05. The van der Waals surface area contributed by atoms with E-state index in [1.54, 1.807) is 12.1 Å². The lowest BCUT2D eigenvalue weighted by Gasteiger charge is -2.18. The third-order valence-corrected chi connectivity index (χ3v) is 2.07. The molecule has 1 N–H and O–H groups in total. The Balaban J connectivity index is 3.26. The first kappa shape index (κ1) is 14.5. The van der Waals surface area contributed by atoms with Crippen LogP contribution in [0.25, 0.3) is 0 Å². The van der Waals surface area contributed by atoms with Crippen molar-refractivity contribution in [3.63, 3.8) is 0 Å². The molecular formula is C10H9F3N6. The van der Waals surface area contributed by atoms with E-state index in [1.165, 1.54) is 13.1 Å². The summed E-state index contributed by atoms with van der Waals surface area (Å²) < 4.78 is 37.9. The highest BCUT2D eigenvalue weighted by Gasteiger charge is 2.35. The Hall–Kier alpha value is -2.55. The van der Waals surface area contributed by atoms with Crippen molar-refractivity contribution in [2.75, 3.05) is 30.4 Å². The van der Waals surface area contributed by atoms with Crippen LogP contribution >= 0.6 is 0 Å². The summed E-state index contributed by atoms with van der Waals surface area (Å²) in [6.07, 6.45) is -4.70. The van der Waals surface area contributed by atoms with Crippen LogP contribution in [-0.4, -0.2) is 30.1 Å². The molecule has 0 aliphatic heterocycles. The minimum atomic E-state index is -4.70. The molecule has 1 rings (SSSR count). The SMILES string of the molecule is CNc1cc(N(CC#N)CC#N)nc(C(F)(F)F)n1. The summed E-state index contributed by atoms with van der Waals surface area (Å²) in [6.45, 7) is -0.490. The van der Waals surface area contributed by atoms with Crippen molar-refractivity contribution in [2.24, 2.45) is 0 Å². The van der Waals surface area contributed by atoms with Gasteiger partial charge >= 0.3 is 6.18 Å². The molecule has 0 aliphatic rings. The number of aromatic nitrogens is 2. The lowest BCUT2D eigenvalue weighted by atomic mass is 10.4. The summed E-state index contributed by atoms with van der Waals surface area (Å²) in [5.41, 5.74) is 0. The molecule has 0 saturated heterocycles. The minimum absolute atomic E-state index is 0.0433. The quantitative estimate of drug-likeness (QED) is 0.832. The van der Waals surface area contributed by atoms with Gasteiger partial charge in [-0.15, -0.1) is 0 Å². The van der Waals surface area contributed by atoms with E-state index in [1.807, 2.05) is 0 Å². The molecule has 1 heterocycles. The molecule has 6 nitrogen and oxygen atoms in total. The largest absolute Gasteiger partial charge is 0.451 e. The van der Waals surface area contributed by atoms with Crippen LogP contribution in [0.15, 0.2) is 6.07 Å². The van der Waals surface area contributed by atoms with E-state index >= 15 is 0 Å². The fourth-order valence-electron chi connectivity index (χ4n) is 1.24. The van der Waals surface area contributed by atoms with Crippen LogP contribution in [0.2, 0.25) is 0 Å². The number of hydrogen-bond acceptors (Lipinski definition) is 6. The highest BCUT2D eigenvalue weighted by molar-refractivity contribution is 5.50. The molecule has 0 fully saturated rings. The second-order valence-corrected chi connectivity index (χ2v) is 3.36. The van der Waals surface area contributed by atoms with E-state index in [9.17, 15) is 13.2 Å². The zero-order valence-corrected chi connectivity index (χ0v) is 9.86. The lowest BCUT2D eigenvalue weighted by Crippen LogP contribution is -2.26. The molecule has 1 aromatic heterocycles. The van der Waals surface area contributed by atoms with Crippen molar-refractivity contribution in [3.05, 3.63) is 11.9 Å². The van der Waals surface area contributed by atoms with Gasteiger partial charge < -0.3 is 10.2 Å². The standard InChI is InChI=1S/C10H9F3N6/c1-16-7-6-8(19(4-2-14)5-3-15)18-9(17-7)10(11,12)13/h6H,4-5H2,1H3,(H,16,17,18). The molecule has 0 unspecified atom stereocenters. The van der Waals surface area contributed by atoms with Crippen LogP contribution in [0, 0.1) is 22.7 Å². The molecule has 0 radical (unpaired) electrons. The van der Waals surface area contributed by atoms with Crippen molar-refractivity contribution >= 4 is 11.6 Å². The molecular weight excluding hydrogens is 261 g/mol. The Morgan fingerprint density at radius 2 is 1.84 bits per heavy atom. The van der Waals surface area contributed by atoms with E-state index in [4.69, 9.17) is 10.5 Å². The average Bonchev–Trinajstić information content (AvgIpc) is 2.37. The second kappa shape index (κ2) is 5.87. The van der Waals surface area contributed by atoms with Crippen LogP contribution in [0.4, 0.5) is 24.8 Å². The molecule has 0 spiro atoms. The summed E-state index contributed by atoms with van der Waals surface area (Å²) in [5.74, 6) is -1.50. The molecule has 1 aromatic rings. The van der Waals surface area contributed by atoms with Gasteiger partial charge in [-0.05, 0) is 0 Å².